The fourth-order valence-corrected chi connectivity index (χ4v) is 2.98. The Bertz CT molecular complexity index is 577. The summed E-state index contributed by atoms with van der Waals surface area (Å²) in [4.78, 5) is 30.1. The van der Waals surface area contributed by atoms with E-state index in [4.69, 9.17) is 0 Å². The van der Waals surface area contributed by atoms with Crippen LogP contribution in [0.3, 0.4) is 0 Å². The molecule has 2 aliphatic heterocycles. The smallest absolute Gasteiger partial charge is 0.253 e. The van der Waals surface area contributed by atoms with Gasteiger partial charge in [-0.2, -0.15) is 0 Å². The highest BCUT2D eigenvalue weighted by molar-refractivity contribution is 5.99. The Hall–Kier alpha value is -1.88. The monoisotopic (exact) mass is 287 g/mol. The Morgan fingerprint density at radius 1 is 1.05 bits per heavy atom. The Balaban J connectivity index is 1.81. The van der Waals surface area contributed by atoms with Crippen molar-refractivity contribution in [3.63, 3.8) is 0 Å². The number of fused-ring (bicyclic) bond motifs is 1. The minimum Gasteiger partial charge on any atom is -0.336 e. The molecule has 21 heavy (non-hydrogen) atoms. The lowest BCUT2D eigenvalue weighted by atomic mass is 9.98. The topological polar surface area (TPSA) is 43.9 Å². The van der Waals surface area contributed by atoms with Gasteiger partial charge in [-0.3, -0.25) is 9.59 Å². The normalized spacial score (nSPS) is 19.6. The van der Waals surface area contributed by atoms with Crippen molar-refractivity contribution in [2.75, 3.05) is 45.2 Å². The molecule has 2 heterocycles. The van der Waals surface area contributed by atoms with E-state index in [0.29, 0.717) is 6.42 Å². The summed E-state index contributed by atoms with van der Waals surface area (Å²) in [6.07, 6.45) is 1.25. The molecule has 0 aromatic heterocycles. The Labute approximate surface area is 125 Å². The molecule has 0 bridgehead atoms. The number of amides is 2. The lowest BCUT2D eigenvalue weighted by molar-refractivity contribution is -0.118. The number of anilines is 1. The molecule has 0 aliphatic carbocycles. The molecule has 2 amide bonds. The molecule has 1 saturated heterocycles. The van der Waals surface area contributed by atoms with Crippen molar-refractivity contribution in [2.45, 2.75) is 12.8 Å². The molecule has 2 aliphatic rings. The predicted octanol–water partition coefficient (Wildman–Crippen LogP) is 0.983. The van der Waals surface area contributed by atoms with Crippen LogP contribution in [0.1, 0.15) is 22.3 Å². The molecule has 0 saturated carbocycles. The van der Waals surface area contributed by atoms with Gasteiger partial charge in [0.15, 0.2) is 0 Å². The van der Waals surface area contributed by atoms with Crippen LogP contribution in [0, 0.1) is 0 Å². The lowest BCUT2D eigenvalue weighted by Gasteiger charge is -2.33. The number of nitrogens with zero attached hydrogens (tertiary/aromatic N) is 3. The molecular weight excluding hydrogens is 266 g/mol. The highest BCUT2D eigenvalue weighted by Gasteiger charge is 2.24. The SMILES string of the molecule is CN1CCN(C(=O)c2ccc3c(c2)CCC(=O)N3C)CC1. The zero-order valence-corrected chi connectivity index (χ0v) is 12.6. The van der Waals surface area contributed by atoms with Crippen LogP contribution in [-0.4, -0.2) is 61.9 Å². The van der Waals surface area contributed by atoms with Crippen LogP contribution in [-0.2, 0) is 11.2 Å². The van der Waals surface area contributed by atoms with Crippen LogP contribution in [0.5, 0.6) is 0 Å². The first kappa shape index (κ1) is 14.1. The van der Waals surface area contributed by atoms with Crippen molar-refractivity contribution >= 4 is 17.5 Å². The summed E-state index contributed by atoms with van der Waals surface area (Å²) in [5, 5.41) is 0. The van der Waals surface area contributed by atoms with Gasteiger partial charge in [0.1, 0.15) is 0 Å². The van der Waals surface area contributed by atoms with Gasteiger partial charge < -0.3 is 14.7 Å². The Morgan fingerprint density at radius 3 is 2.48 bits per heavy atom. The quantitative estimate of drug-likeness (QED) is 0.773. The molecule has 5 heteroatoms. The minimum absolute atomic E-state index is 0.102. The van der Waals surface area contributed by atoms with Gasteiger partial charge in [-0.15, -0.1) is 0 Å². The number of carbonyl (C=O) groups excluding carboxylic acids is 2. The number of benzene rings is 1. The average Bonchev–Trinajstić information content (AvgIpc) is 2.51. The van der Waals surface area contributed by atoms with E-state index >= 15 is 0 Å². The summed E-state index contributed by atoms with van der Waals surface area (Å²) >= 11 is 0. The zero-order chi connectivity index (χ0) is 15.0. The number of rotatable bonds is 1. The Morgan fingerprint density at radius 2 is 1.76 bits per heavy atom. The first-order valence-corrected chi connectivity index (χ1v) is 7.43. The summed E-state index contributed by atoms with van der Waals surface area (Å²) in [6.45, 7) is 3.41. The number of aryl methyl sites for hydroxylation is 1. The summed E-state index contributed by atoms with van der Waals surface area (Å²) in [7, 11) is 3.87. The maximum Gasteiger partial charge on any atom is 0.253 e. The number of piperazine rings is 1. The van der Waals surface area contributed by atoms with Gasteiger partial charge in [-0.25, -0.2) is 0 Å². The molecule has 0 atom stereocenters. The molecule has 3 rings (SSSR count). The minimum atomic E-state index is 0.102. The largest absolute Gasteiger partial charge is 0.336 e. The third kappa shape index (κ3) is 2.65. The van der Waals surface area contributed by atoms with Gasteiger partial charge in [0, 0.05) is 50.9 Å². The van der Waals surface area contributed by atoms with E-state index in [1.165, 1.54) is 0 Å². The molecule has 5 nitrogen and oxygen atoms in total. The number of hydrogen-bond donors (Lipinski definition) is 0. The van der Waals surface area contributed by atoms with Crippen LogP contribution in [0.4, 0.5) is 5.69 Å². The van der Waals surface area contributed by atoms with Gasteiger partial charge in [-0.05, 0) is 37.2 Å². The third-order valence-corrected chi connectivity index (χ3v) is 4.46. The third-order valence-electron chi connectivity index (χ3n) is 4.46. The number of hydrogen-bond acceptors (Lipinski definition) is 3. The van der Waals surface area contributed by atoms with Crippen molar-refractivity contribution in [1.82, 2.24) is 9.80 Å². The van der Waals surface area contributed by atoms with Gasteiger partial charge in [0.25, 0.3) is 5.91 Å². The maximum atomic E-state index is 12.6. The summed E-state index contributed by atoms with van der Waals surface area (Å²) in [5.74, 6) is 0.242. The highest BCUT2D eigenvalue weighted by atomic mass is 16.2. The van der Waals surface area contributed by atoms with Crippen molar-refractivity contribution in [1.29, 1.82) is 0 Å². The average molecular weight is 287 g/mol. The van der Waals surface area contributed by atoms with Crippen molar-refractivity contribution in [2.24, 2.45) is 0 Å². The molecule has 1 aromatic carbocycles. The molecule has 0 radical (unpaired) electrons. The van der Waals surface area contributed by atoms with Gasteiger partial charge in [0.2, 0.25) is 5.91 Å². The lowest BCUT2D eigenvalue weighted by Crippen LogP contribution is -2.47. The van der Waals surface area contributed by atoms with E-state index in [0.717, 1.165) is 49.4 Å². The summed E-state index contributed by atoms with van der Waals surface area (Å²) in [6, 6.07) is 5.70. The Kier molecular flexibility index (Phi) is 3.68. The molecule has 0 N–H and O–H groups in total. The molecule has 1 fully saturated rings. The van der Waals surface area contributed by atoms with E-state index in [1.54, 1.807) is 11.9 Å². The molecule has 1 aromatic rings. The molecule has 112 valence electrons. The van der Waals surface area contributed by atoms with E-state index in [1.807, 2.05) is 23.1 Å². The second-order valence-corrected chi connectivity index (χ2v) is 5.89. The van der Waals surface area contributed by atoms with Crippen LogP contribution in [0.2, 0.25) is 0 Å². The van der Waals surface area contributed by atoms with E-state index < -0.39 is 0 Å². The first-order valence-electron chi connectivity index (χ1n) is 7.43. The van der Waals surface area contributed by atoms with Crippen LogP contribution in [0.15, 0.2) is 18.2 Å². The number of likely N-dealkylation sites (N-methyl/N-ethyl adjacent to an activating group) is 1. The standard InChI is InChI=1S/C16H21N3O2/c1-17-7-9-19(10-8-17)16(21)13-3-5-14-12(11-13)4-6-15(20)18(14)2/h3,5,11H,4,6-10H2,1-2H3. The van der Waals surface area contributed by atoms with E-state index in [9.17, 15) is 9.59 Å². The second-order valence-electron chi connectivity index (χ2n) is 5.89. The van der Waals surface area contributed by atoms with Crippen LogP contribution < -0.4 is 4.90 Å². The maximum absolute atomic E-state index is 12.6. The summed E-state index contributed by atoms with van der Waals surface area (Å²) in [5.41, 5.74) is 2.76. The fourth-order valence-electron chi connectivity index (χ4n) is 2.98. The number of carbonyl (C=O) groups is 2. The zero-order valence-electron chi connectivity index (χ0n) is 12.6. The first-order chi connectivity index (χ1) is 10.1. The van der Waals surface area contributed by atoms with E-state index in [-0.39, 0.29) is 11.8 Å². The van der Waals surface area contributed by atoms with Gasteiger partial charge in [0.05, 0.1) is 0 Å². The van der Waals surface area contributed by atoms with Crippen molar-refractivity contribution in [3.05, 3.63) is 29.3 Å². The second kappa shape index (κ2) is 5.48. The predicted molar refractivity (Wildman–Crippen MR) is 81.6 cm³/mol. The van der Waals surface area contributed by atoms with Crippen molar-refractivity contribution in [3.8, 4) is 0 Å². The van der Waals surface area contributed by atoms with Crippen LogP contribution >= 0.6 is 0 Å². The van der Waals surface area contributed by atoms with Crippen LogP contribution in [0.25, 0.3) is 0 Å². The molecule has 0 spiro atoms. The highest BCUT2D eigenvalue weighted by Crippen LogP contribution is 2.28. The fraction of sp³-hybridized carbons (Fsp3) is 0.500. The molecular formula is C16H21N3O2. The van der Waals surface area contributed by atoms with Gasteiger partial charge in [-0.1, -0.05) is 0 Å². The van der Waals surface area contributed by atoms with E-state index in [2.05, 4.69) is 11.9 Å². The summed E-state index contributed by atoms with van der Waals surface area (Å²) < 4.78 is 0. The van der Waals surface area contributed by atoms with Crippen molar-refractivity contribution < 1.29 is 9.59 Å². The van der Waals surface area contributed by atoms with Gasteiger partial charge >= 0.3 is 0 Å². The molecule has 0 unspecified atom stereocenters.